The molecular weight excluding hydrogens is 340 g/mol. The number of aryl methyl sites for hydroxylation is 1. The lowest BCUT2D eigenvalue weighted by Crippen LogP contribution is -2.48. The average molecular weight is 366 g/mol. The topological polar surface area (TPSA) is 42.0 Å². The van der Waals surface area contributed by atoms with E-state index >= 15 is 0 Å². The van der Waals surface area contributed by atoms with E-state index in [2.05, 4.69) is 37.1 Å². The van der Waals surface area contributed by atoms with Crippen molar-refractivity contribution in [1.29, 1.82) is 0 Å². The summed E-state index contributed by atoms with van der Waals surface area (Å²) in [5.74, 6) is 1.84. The van der Waals surface area contributed by atoms with Gasteiger partial charge >= 0.3 is 0 Å². The summed E-state index contributed by atoms with van der Waals surface area (Å²) in [6, 6.07) is 14.0. The Hall–Kier alpha value is -2.53. The maximum atomic E-state index is 13.1. The lowest BCUT2D eigenvalue weighted by atomic mass is 9.89. The molecule has 0 saturated carbocycles. The van der Waals surface area contributed by atoms with Crippen LogP contribution >= 0.6 is 0 Å². The number of methoxy groups -OCH3 is 1. The van der Waals surface area contributed by atoms with Crippen LogP contribution in [0.4, 0.5) is 5.69 Å². The van der Waals surface area contributed by atoms with Gasteiger partial charge in [0.25, 0.3) is 5.91 Å². The molecule has 2 aromatic carbocycles. The molecule has 0 unspecified atom stereocenters. The summed E-state index contributed by atoms with van der Waals surface area (Å²) in [4.78, 5) is 17.4. The maximum absolute atomic E-state index is 13.1. The van der Waals surface area contributed by atoms with Gasteiger partial charge in [-0.25, -0.2) is 0 Å². The minimum atomic E-state index is 0.0213. The molecule has 1 fully saturated rings. The SMILES string of the molecule is COc1ccc(OCC(=O)N2c3ccc(C)cc3[C@@H]3CN(C)CC[C@@H]32)cc1. The molecule has 5 heteroatoms. The van der Waals surface area contributed by atoms with Crippen molar-refractivity contribution in [3.63, 3.8) is 0 Å². The zero-order valence-corrected chi connectivity index (χ0v) is 16.1. The molecule has 0 aromatic heterocycles. The number of carbonyl (C=O) groups excluding carboxylic acids is 1. The number of anilines is 1. The summed E-state index contributed by atoms with van der Waals surface area (Å²) in [5, 5.41) is 0. The highest BCUT2D eigenvalue weighted by Crippen LogP contribution is 2.44. The van der Waals surface area contributed by atoms with E-state index in [0.29, 0.717) is 11.7 Å². The number of benzene rings is 2. The molecule has 1 amide bonds. The second-order valence-corrected chi connectivity index (χ2v) is 7.51. The highest BCUT2D eigenvalue weighted by molar-refractivity contribution is 5.98. The van der Waals surface area contributed by atoms with Gasteiger partial charge in [-0.2, -0.15) is 0 Å². The summed E-state index contributed by atoms with van der Waals surface area (Å²) in [5.41, 5.74) is 3.59. The van der Waals surface area contributed by atoms with E-state index in [0.717, 1.165) is 30.9 Å². The van der Waals surface area contributed by atoms with E-state index < -0.39 is 0 Å². The van der Waals surface area contributed by atoms with E-state index in [1.807, 2.05) is 29.2 Å². The highest BCUT2D eigenvalue weighted by Gasteiger charge is 2.43. The monoisotopic (exact) mass is 366 g/mol. The van der Waals surface area contributed by atoms with Gasteiger partial charge in [0, 0.05) is 24.2 Å². The first-order chi connectivity index (χ1) is 13.1. The maximum Gasteiger partial charge on any atom is 0.265 e. The molecule has 27 heavy (non-hydrogen) atoms. The van der Waals surface area contributed by atoms with E-state index in [-0.39, 0.29) is 18.6 Å². The third-order valence-corrected chi connectivity index (χ3v) is 5.64. The number of fused-ring (bicyclic) bond motifs is 3. The Morgan fingerprint density at radius 3 is 2.63 bits per heavy atom. The lowest BCUT2D eigenvalue weighted by molar-refractivity contribution is -0.121. The van der Waals surface area contributed by atoms with Crippen molar-refractivity contribution in [3.05, 3.63) is 53.6 Å². The van der Waals surface area contributed by atoms with Gasteiger partial charge in [0.05, 0.1) is 7.11 Å². The lowest BCUT2D eigenvalue weighted by Gasteiger charge is -2.36. The Bertz CT molecular complexity index is 834. The Morgan fingerprint density at radius 1 is 1.15 bits per heavy atom. The predicted molar refractivity (Wildman–Crippen MR) is 106 cm³/mol. The molecular formula is C22H26N2O3. The van der Waals surface area contributed by atoms with Gasteiger partial charge in [-0.05, 0) is 62.8 Å². The number of hydrogen-bond acceptors (Lipinski definition) is 4. The van der Waals surface area contributed by atoms with Crippen molar-refractivity contribution in [1.82, 2.24) is 4.90 Å². The van der Waals surface area contributed by atoms with Gasteiger partial charge < -0.3 is 19.3 Å². The Morgan fingerprint density at radius 2 is 1.89 bits per heavy atom. The first kappa shape index (κ1) is 17.9. The van der Waals surface area contributed by atoms with Crippen LogP contribution in [0.25, 0.3) is 0 Å². The molecule has 142 valence electrons. The number of likely N-dealkylation sites (N-methyl/N-ethyl adjacent to an activating group) is 1. The predicted octanol–water partition coefficient (Wildman–Crippen LogP) is 3.22. The molecule has 0 bridgehead atoms. The molecule has 0 N–H and O–H groups in total. The number of nitrogens with zero attached hydrogens (tertiary/aromatic N) is 2. The van der Waals surface area contributed by atoms with Crippen molar-refractivity contribution >= 4 is 11.6 Å². The van der Waals surface area contributed by atoms with E-state index in [9.17, 15) is 4.79 Å². The van der Waals surface area contributed by atoms with Crippen LogP contribution in [0.3, 0.4) is 0 Å². The minimum absolute atomic E-state index is 0.0213. The zero-order valence-electron chi connectivity index (χ0n) is 16.1. The average Bonchev–Trinajstić information content (AvgIpc) is 2.99. The van der Waals surface area contributed by atoms with Crippen LogP contribution in [0, 0.1) is 6.92 Å². The molecule has 2 heterocycles. The summed E-state index contributed by atoms with van der Waals surface area (Å²) in [7, 11) is 3.78. The molecule has 0 aliphatic carbocycles. The van der Waals surface area contributed by atoms with Crippen molar-refractivity contribution in [2.24, 2.45) is 0 Å². The van der Waals surface area contributed by atoms with Crippen LogP contribution in [0.5, 0.6) is 11.5 Å². The summed E-state index contributed by atoms with van der Waals surface area (Å²) >= 11 is 0. The fourth-order valence-corrected chi connectivity index (χ4v) is 4.29. The third-order valence-electron chi connectivity index (χ3n) is 5.64. The van der Waals surface area contributed by atoms with Gasteiger partial charge in [0.2, 0.25) is 0 Å². The first-order valence-corrected chi connectivity index (χ1v) is 9.45. The quantitative estimate of drug-likeness (QED) is 0.833. The standard InChI is InChI=1S/C22H26N2O3/c1-15-4-9-20-18(12-15)19-13-23(2)11-10-21(19)24(20)22(25)14-27-17-7-5-16(26-3)6-8-17/h4-9,12,19,21H,10-11,13-14H2,1-3H3/t19-,21-/m0/s1. The molecule has 0 spiro atoms. The number of piperidine rings is 1. The van der Waals surface area contributed by atoms with Crippen LogP contribution in [0.15, 0.2) is 42.5 Å². The second-order valence-electron chi connectivity index (χ2n) is 7.51. The second kappa shape index (κ2) is 7.24. The van der Waals surface area contributed by atoms with Gasteiger partial charge in [-0.3, -0.25) is 4.79 Å². The number of likely N-dealkylation sites (tertiary alicyclic amines) is 1. The van der Waals surface area contributed by atoms with Gasteiger partial charge in [-0.1, -0.05) is 17.7 Å². The Balaban J connectivity index is 1.53. The normalized spacial score (nSPS) is 21.5. The minimum Gasteiger partial charge on any atom is -0.497 e. The third kappa shape index (κ3) is 3.39. The number of rotatable bonds is 4. The summed E-state index contributed by atoms with van der Waals surface area (Å²) < 4.78 is 10.9. The Labute approximate surface area is 160 Å². The molecule has 0 radical (unpaired) electrons. The van der Waals surface area contributed by atoms with Crippen LogP contribution in [-0.2, 0) is 4.79 Å². The van der Waals surface area contributed by atoms with E-state index in [4.69, 9.17) is 9.47 Å². The van der Waals surface area contributed by atoms with E-state index in [1.54, 1.807) is 7.11 Å². The molecule has 2 aliphatic rings. The van der Waals surface area contributed by atoms with Gasteiger partial charge in [0.1, 0.15) is 11.5 Å². The first-order valence-electron chi connectivity index (χ1n) is 9.45. The van der Waals surface area contributed by atoms with Crippen molar-refractivity contribution in [2.75, 3.05) is 38.8 Å². The van der Waals surface area contributed by atoms with Crippen molar-refractivity contribution < 1.29 is 14.3 Å². The number of carbonyl (C=O) groups is 1. The van der Waals surface area contributed by atoms with Gasteiger partial charge in [0.15, 0.2) is 6.61 Å². The highest BCUT2D eigenvalue weighted by atomic mass is 16.5. The van der Waals surface area contributed by atoms with Gasteiger partial charge in [-0.15, -0.1) is 0 Å². The molecule has 5 nitrogen and oxygen atoms in total. The van der Waals surface area contributed by atoms with Crippen LogP contribution in [0.1, 0.15) is 23.5 Å². The number of ether oxygens (including phenoxy) is 2. The summed E-state index contributed by atoms with van der Waals surface area (Å²) in [6.07, 6.45) is 0.989. The summed E-state index contributed by atoms with van der Waals surface area (Å²) in [6.45, 7) is 4.15. The van der Waals surface area contributed by atoms with E-state index in [1.165, 1.54) is 11.1 Å². The number of hydrogen-bond donors (Lipinski definition) is 0. The molecule has 2 aromatic rings. The number of amides is 1. The fraction of sp³-hybridized carbons (Fsp3) is 0.409. The largest absolute Gasteiger partial charge is 0.497 e. The molecule has 2 aliphatic heterocycles. The molecule has 4 rings (SSSR count). The Kier molecular flexibility index (Phi) is 4.79. The van der Waals surface area contributed by atoms with Crippen LogP contribution in [0.2, 0.25) is 0 Å². The van der Waals surface area contributed by atoms with Crippen LogP contribution < -0.4 is 14.4 Å². The zero-order chi connectivity index (χ0) is 19.0. The van der Waals surface area contributed by atoms with Crippen molar-refractivity contribution in [2.45, 2.75) is 25.3 Å². The van der Waals surface area contributed by atoms with Crippen LogP contribution in [-0.4, -0.2) is 50.7 Å². The van der Waals surface area contributed by atoms with Crippen molar-refractivity contribution in [3.8, 4) is 11.5 Å². The molecule has 1 saturated heterocycles. The molecule has 2 atom stereocenters. The fourth-order valence-electron chi connectivity index (χ4n) is 4.29. The smallest absolute Gasteiger partial charge is 0.265 e.